The summed E-state index contributed by atoms with van der Waals surface area (Å²) in [6.45, 7) is 3.92. The topological polar surface area (TPSA) is 73.1 Å². The first-order valence-electron chi connectivity index (χ1n) is 7.37. The minimum absolute atomic E-state index is 0.296. The molecule has 0 saturated carbocycles. The maximum Gasteiger partial charge on any atom is 0.331 e. The number of hydrogen-bond donors (Lipinski definition) is 1. The molecule has 0 bridgehead atoms. The maximum absolute atomic E-state index is 12.5. The Balaban J connectivity index is 2.05. The lowest BCUT2D eigenvalue weighted by Crippen LogP contribution is -2.36. The van der Waals surface area contributed by atoms with Gasteiger partial charge in [0.2, 0.25) is 0 Å². The number of nitrogens with zero attached hydrogens (tertiary/aromatic N) is 2. The summed E-state index contributed by atoms with van der Waals surface area (Å²) >= 11 is 1.13. The molecule has 0 saturated heterocycles. The summed E-state index contributed by atoms with van der Waals surface area (Å²) in [5.74, 6) is -0.296. The van der Waals surface area contributed by atoms with Crippen molar-refractivity contribution >= 4 is 33.1 Å². The molecule has 2 heterocycles. The molecule has 6 nitrogen and oxygen atoms in total. The van der Waals surface area contributed by atoms with Gasteiger partial charge in [0.25, 0.3) is 11.5 Å². The van der Waals surface area contributed by atoms with Crippen molar-refractivity contribution in [3.63, 3.8) is 0 Å². The Hall–Kier alpha value is -2.67. The Kier molecular flexibility index (Phi) is 3.88. The van der Waals surface area contributed by atoms with Gasteiger partial charge in [0.15, 0.2) is 0 Å². The van der Waals surface area contributed by atoms with E-state index in [1.807, 2.05) is 32.0 Å². The molecule has 0 unspecified atom stereocenters. The zero-order valence-electron chi connectivity index (χ0n) is 13.8. The van der Waals surface area contributed by atoms with E-state index in [9.17, 15) is 14.4 Å². The van der Waals surface area contributed by atoms with Crippen LogP contribution in [-0.2, 0) is 14.1 Å². The lowest BCUT2D eigenvalue weighted by molar-refractivity contribution is 0.103. The standard InChI is InChI=1S/C17H17N3O3S/c1-9-5-10(2)7-11(6-9)18-14(21)13-8-12-15(22)19(3)17(23)20(4)16(12)24-13/h5-8H,1-4H3,(H,18,21). The highest BCUT2D eigenvalue weighted by molar-refractivity contribution is 7.20. The van der Waals surface area contributed by atoms with E-state index in [1.165, 1.54) is 11.6 Å². The molecule has 0 fully saturated rings. The van der Waals surface area contributed by atoms with Crippen LogP contribution in [0.1, 0.15) is 20.8 Å². The number of carbonyl (C=O) groups is 1. The Morgan fingerprint density at radius 3 is 2.25 bits per heavy atom. The van der Waals surface area contributed by atoms with Gasteiger partial charge >= 0.3 is 5.69 Å². The molecular formula is C17H17N3O3S. The lowest BCUT2D eigenvalue weighted by atomic mass is 10.1. The van der Waals surface area contributed by atoms with Crippen molar-refractivity contribution < 1.29 is 4.79 Å². The van der Waals surface area contributed by atoms with E-state index in [1.54, 1.807) is 13.1 Å². The van der Waals surface area contributed by atoms with Gasteiger partial charge in [-0.3, -0.25) is 18.7 Å². The molecule has 1 aromatic carbocycles. The monoisotopic (exact) mass is 343 g/mol. The molecule has 0 radical (unpaired) electrons. The Bertz CT molecular complexity index is 1070. The van der Waals surface area contributed by atoms with Crippen molar-refractivity contribution in [1.82, 2.24) is 9.13 Å². The minimum atomic E-state index is -0.407. The molecule has 0 aliphatic heterocycles. The first kappa shape index (κ1) is 16.2. The van der Waals surface area contributed by atoms with E-state index < -0.39 is 11.2 Å². The molecule has 3 aromatic rings. The van der Waals surface area contributed by atoms with Gasteiger partial charge in [0.1, 0.15) is 4.83 Å². The molecule has 1 N–H and O–H groups in total. The van der Waals surface area contributed by atoms with Crippen molar-refractivity contribution in [2.45, 2.75) is 13.8 Å². The highest BCUT2D eigenvalue weighted by Gasteiger charge is 2.16. The van der Waals surface area contributed by atoms with Crippen LogP contribution >= 0.6 is 11.3 Å². The number of hydrogen-bond acceptors (Lipinski definition) is 4. The van der Waals surface area contributed by atoms with Crippen molar-refractivity contribution in [3.05, 3.63) is 61.1 Å². The second-order valence-corrected chi connectivity index (χ2v) is 6.90. The normalized spacial score (nSPS) is 11.0. The van der Waals surface area contributed by atoms with E-state index in [-0.39, 0.29) is 5.91 Å². The van der Waals surface area contributed by atoms with Gasteiger partial charge in [-0.2, -0.15) is 0 Å². The zero-order chi connectivity index (χ0) is 17.6. The Morgan fingerprint density at radius 2 is 1.62 bits per heavy atom. The Morgan fingerprint density at radius 1 is 1.00 bits per heavy atom. The minimum Gasteiger partial charge on any atom is -0.321 e. The third kappa shape index (κ3) is 2.67. The molecule has 0 spiro atoms. The number of thiophene rings is 1. The largest absolute Gasteiger partial charge is 0.331 e. The zero-order valence-corrected chi connectivity index (χ0v) is 14.7. The number of benzene rings is 1. The van der Waals surface area contributed by atoms with Crippen molar-refractivity contribution in [2.24, 2.45) is 14.1 Å². The highest BCUT2D eigenvalue weighted by Crippen LogP contribution is 2.23. The molecular weight excluding hydrogens is 326 g/mol. The Labute approximate surface area is 142 Å². The van der Waals surface area contributed by atoms with Crippen LogP contribution in [-0.4, -0.2) is 15.0 Å². The smallest absolute Gasteiger partial charge is 0.321 e. The molecule has 124 valence electrons. The molecule has 0 aliphatic rings. The van der Waals surface area contributed by atoms with Gasteiger partial charge in [-0.05, 0) is 43.2 Å². The summed E-state index contributed by atoms with van der Waals surface area (Å²) in [7, 11) is 3.02. The van der Waals surface area contributed by atoms with Crippen molar-refractivity contribution in [3.8, 4) is 0 Å². The predicted molar refractivity (Wildman–Crippen MR) is 96.2 cm³/mol. The van der Waals surface area contributed by atoms with Crippen LogP contribution < -0.4 is 16.6 Å². The summed E-state index contributed by atoms with van der Waals surface area (Å²) in [5, 5.41) is 3.21. The van der Waals surface area contributed by atoms with Crippen molar-refractivity contribution in [1.29, 1.82) is 0 Å². The van der Waals surface area contributed by atoms with Gasteiger partial charge in [-0.1, -0.05) is 6.07 Å². The van der Waals surface area contributed by atoms with Crippen molar-refractivity contribution in [2.75, 3.05) is 5.32 Å². The number of amides is 1. The number of fused-ring (bicyclic) bond motifs is 1. The van der Waals surface area contributed by atoms with Crippen LogP contribution in [0.25, 0.3) is 10.2 Å². The average molecular weight is 343 g/mol. The fourth-order valence-corrected chi connectivity index (χ4v) is 3.71. The van der Waals surface area contributed by atoms with Crippen LogP contribution in [0.15, 0.2) is 33.9 Å². The maximum atomic E-state index is 12.5. The van der Waals surface area contributed by atoms with Gasteiger partial charge in [-0.15, -0.1) is 11.3 Å². The van der Waals surface area contributed by atoms with Gasteiger partial charge in [-0.25, -0.2) is 4.79 Å². The molecule has 0 atom stereocenters. The highest BCUT2D eigenvalue weighted by atomic mass is 32.1. The summed E-state index contributed by atoms with van der Waals surface area (Å²) < 4.78 is 2.43. The van der Waals surface area contributed by atoms with E-state index >= 15 is 0 Å². The van der Waals surface area contributed by atoms with E-state index in [0.29, 0.717) is 20.8 Å². The summed E-state index contributed by atoms with van der Waals surface area (Å²) in [6.07, 6.45) is 0. The lowest BCUT2D eigenvalue weighted by Gasteiger charge is -2.06. The van der Waals surface area contributed by atoms with E-state index in [4.69, 9.17) is 0 Å². The molecule has 7 heteroatoms. The second-order valence-electron chi connectivity index (χ2n) is 5.87. The predicted octanol–water partition coefficient (Wildman–Crippen LogP) is 2.17. The molecule has 3 rings (SSSR count). The van der Waals surface area contributed by atoms with Gasteiger partial charge in [0.05, 0.1) is 10.3 Å². The number of rotatable bonds is 2. The molecule has 0 aliphatic carbocycles. The van der Waals surface area contributed by atoms with Crippen LogP contribution in [0, 0.1) is 13.8 Å². The quantitative estimate of drug-likeness (QED) is 0.775. The third-order valence-corrected chi connectivity index (χ3v) is 5.04. The fraction of sp³-hybridized carbons (Fsp3) is 0.235. The summed E-state index contributed by atoms with van der Waals surface area (Å²) in [4.78, 5) is 37.6. The van der Waals surface area contributed by atoms with E-state index in [2.05, 4.69) is 5.32 Å². The molecule has 24 heavy (non-hydrogen) atoms. The first-order chi connectivity index (χ1) is 11.3. The number of aryl methyl sites for hydroxylation is 3. The van der Waals surface area contributed by atoms with Crippen LogP contribution in [0.4, 0.5) is 5.69 Å². The molecule has 2 aromatic heterocycles. The van der Waals surface area contributed by atoms with Gasteiger partial charge < -0.3 is 5.32 Å². The third-order valence-electron chi connectivity index (χ3n) is 3.83. The average Bonchev–Trinajstić information content (AvgIpc) is 2.95. The second kappa shape index (κ2) is 5.76. The first-order valence-corrected chi connectivity index (χ1v) is 8.19. The number of aromatic nitrogens is 2. The number of nitrogens with one attached hydrogen (secondary N) is 1. The summed E-state index contributed by atoms with van der Waals surface area (Å²) in [5.41, 5.74) is 2.01. The van der Waals surface area contributed by atoms with Gasteiger partial charge in [0, 0.05) is 19.8 Å². The number of anilines is 1. The SMILES string of the molecule is Cc1cc(C)cc(NC(=O)c2cc3c(=O)n(C)c(=O)n(C)c3s2)c1. The van der Waals surface area contributed by atoms with Crippen LogP contribution in [0.3, 0.4) is 0 Å². The van der Waals surface area contributed by atoms with Crippen LogP contribution in [0.2, 0.25) is 0 Å². The molecule has 1 amide bonds. The fourth-order valence-electron chi connectivity index (χ4n) is 2.71. The summed E-state index contributed by atoms with van der Waals surface area (Å²) in [6, 6.07) is 7.33. The number of carbonyl (C=O) groups excluding carboxylic acids is 1. The van der Waals surface area contributed by atoms with Crippen LogP contribution in [0.5, 0.6) is 0 Å². The van der Waals surface area contributed by atoms with E-state index in [0.717, 1.165) is 27.0 Å².